The van der Waals surface area contributed by atoms with E-state index in [4.69, 9.17) is 35.3 Å². The van der Waals surface area contributed by atoms with E-state index >= 15 is 0 Å². The Labute approximate surface area is 397 Å². The normalized spacial score (nSPS) is 23.5. The van der Waals surface area contributed by atoms with Crippen molar-refractivity contribution >= 4 is 33.3 Å². The molecule has 66 heavy (non-hydrogen) atoms. The van der Waals surface area contributed by atoms with Crippen molar-refractivity contribution in [2.45, 2.75) is 103 Å². The zero-order chi connectivity index (χ0) is 47.0. The predicted molar refractivity (Wildman–Crippen MR) is 261 cm³/mol. The van der Waals surface area contributed by atoms with Crippen LogP contribution in [0.1, 0.15) is 99.3 Å². The van der Waals surface area contributed by atoms with E-state index in [9.17, 15) is 13.2 Å². The smallest absolute Gasteiger partial charge is 0.338 e. The third kappa shape index (κ3) is 10.3. The van der Waals surface area contributed by atoms with Gasteiger partial charge in [0.2, 0.25) is 10.0 Å². The van der Waals surface area contributed by atoms with E-state index in [2.05, 4.69) is 37.0 Å². The summed E-state index contributed by atoms with van der Waals surface area (Å²) in [5.41, 5.74) is 5.82. The van der Waals surface area contributed by atoms with Crippen molar-refractivity contribution in [2.75, 3.05) is 51.7 Å². The van der Waals surface area contributed by atoms with E-state index in [1.165, 1.54) is 16.7 Å². The zero-order valence-corrected chi connectivity index (χ0v) is 41.5. The van der Waals surface area contributed by atoms with Gasteiger partial charge in [0.1, 0.15) is 22.8 Å². The van der Waals surface area contributed by atoms with Crippen LogP contribution in [-0.2, 0) is 44.4 Å². The molecule has 0 bridgehead atoms. The topological polar surface area (TPSA) is 104 Å². The summed E-state index contributed by atoms with van der Waals surface area (Å²) in [5, 5.41) is 0.749. The molecule has 4 aliphatic rings. The van der Waals surface area contributed by atoms with E-state index in [1.807, 2.05) is 101 Å². The van der Waals surface area contributed by atoms with Gasteiger partial charge < -0.3 is 28.6 Å². The molecule has 1 saturated carbocycles. The average Bonchev–Trinajstić information content (AvgIpc) is 3.41. The predicted octanol–water partition coefficient (Wildman–Crippen LogP) is 10.8. The zero-order valence-electron chi connectivity index (χ0n) is 39.9. The van der Waals surface area contributed by atoms with Crippen LogP contribution in [0.4, 0.5) is 5.69 Å². The Balaban J connectivity index is 1.01. The number of benzene rings is 4. The van der Waals surface area contributed by atoms with E-state index in [-0.39, 0.29) is 53.6 Å². The number of fused-ring (bicyclic) bond motifs is 3. The van der Waals surface area contributed by atoms with Gasteiger partial charge in [-0.25, -0.2) is 13.2 Å². The first kappa shape index (κ1) is 47.9. The SMILES string of the molecule is COc1ccc(CN(Cc2ccc(OC)cc2)S(=O)(=O)C[C@@H](C)[C@]2(C)C=C([C@H](OC)[C@@H]3CC[C@H]3CN3C[C@@]4(CCCc5cc(Cl)ccc54)COc4ccc(C(=O)OC(C)(C)C)cc43)C2)cc1. The highest BCUT2D eigenvalue weighted by molar-refractivity contribution is 7.89. The Kier molecular flexibility index (Phi) is 14.0. The molecule has 354 valence electrons. The molecule has 4 aromatic carbocycles. The van der Waals surface area contributed by atoms with Gasteiger partial charge in [-0.3, -0.25) is 0 Å². The molecular formula is C54H67ClN2O8S. The van der Waals surface area contributed by atoms with Crippen LogP contribution in [0.15, 0.2) is 96.6 Å². The van der Waals surface area contributed by atoms with Gasteiger partial charge in [0.25, 0.3) is 0 Å². The Bertz CT molecular complexity index is 2470. The van der Waals surface area contributed by atoms with Gasteiger partial charge in [-0.2, -0.15) is 4.31 Å². The molecular weight excluding hydrogens is 872 g/mol. The molecule has 3 aliphatic carbocycles. The van der Waals surface area contributed by atoms with Crippen LogP contribution in [0.3, 0.4) is 0 Å². The second-order valence-electron chi connectivity index (χ2n) is 20.5. The van der Waals surface area contributed by atoms with E-state index in [0.29, 0.717) is 18.1 Å². The minimum atomic E-state index is -3.71. The second-order valence-corrected chi connectivity index (χ2v) is 22.9. The number of carbonyl (C=O) groups is 1. The summed E-state index contributed by atoms with van der Waals surface area (Å²) in [5.74, 6) is 2.34. The Morgan fingerprint density at radius 3 is 2.15 bits per heavy atom. The van der Waals surface area contributed by atoms with Crippen LogP contribution >= 0.6 is 11.6 Å². The number of halogens is 1. The quantitative estimate of drug-likeness (QED) is 0.0802. The van der Waals surface area contributed by atoms with Crippen LogP contribution in [0.25, 0.3) is 0 Å². The fourth-order valence-corrected chi connectivity index (χ4v) is 12.9. The number of methoxy groups -OCH3 is 3. The second kappa shape index (κ2) is 19.2. The van der Waals surface area contributed by atoms with Crippen molar-refractivity contribution in [3.8, 4) is 17.2 Å². The number of allylic oxidation sites excluding steroid dienone is 1. The molecule has 1 aliphatic heterocycles. The molecule has 4 aromatic rings. The molecule has 0 N–H and O–H groups in total. The Morgan fingerprint density at radius 1 is 0.924 bits per heavy atom. The van der Waals surface area contributed by atoms with Gasteiger partial charge in [-0.15, -0.1) is 0 Å². The minimum Gasteiger partial charge on any atom is -0.497 e. The molecule has 0 radical (unpaired) electrons. The maximum absolute atomic E-state index is 14.5. The van der Waals surface area contributed by atoms with Gasteiger partial charge in [-0.05, 0) is 165 Å². The lowest BCUT2D eigenvalue weighted by atomic mass is 9.60. The average molecular weight is 940 g/mol. The molecule has 0 amide bonds. The third-order valence-corrected chi connectivity index (χ3v) is 16.9. The molecule has 6 atom stereocenters. The summed E-state index contributed by atoms with van der Waals surface area (Å²) in [6.07, 6.45) is 8.09. The van der Waals surface area contributed by atoms with Crippen LogP contribution in [0.2, 0.25) is 5.02 Å². The summed E-state index contributed by atoms with van der Waals surface area (Å²) in [7, 11) is 1.34. The summed E-state index contributed by atoms with van der Waals surface area (Å²) in [6.45, 7) is 12.5. The standard InChI is InChI=1S/C54H67ClN2O8S/c1-36(33-66(59,60)57(30-37-11-18-44(61-6)19-12-37)31-38-13-20-45(62-7)21-14-38)53(5)28-42(29-53)50(63-8)46-22-15-41(46)32-56-34-54(25-9-10-39-26-43(55)17-23-47(39)54)35-64-49-24-16-40(27-48(49)56)51(58)65-52(2,3)4/h11-14,16-21,23-24,26-28,36,41,46,50H,9-10,15,22,25,29-35H2,1-8H3/t36-,41+,46-,50+,53-,54+/m1/s1. The molecule has 0 aromatic heterocycles. The molecule has 8 rings (SSSR count). The summed E-state index contributed by atoms with van der Waals surface area (Å²) in [4.78, 5) is 15.9. The molecule has 10 nitrogen and oxygen atoms in total. The maximum atomic E-state index is 14.5. The lowest BCUT2D eigenvalue weighted by molar-refractivity contribution is -0.00462. The third-order valence-electron chi connectivity index (χ3n) is 14.7. The molecule has 1 fully saturated rings. The lowest BCUT2D eigenvalue weighted by Gasteiger charge is -2.50. The fraction of sp³-hybridized carbons (Fsp3) is 0.500. The molecule has 12 heteroatoms. The fourth-order valence-electron chi connectivity index (χ4n) is 10.7. The van der Waals surface area contributed by atoms with Gasteiger partial charge >= 0.3 is 5.97 Å². The number of esters is 1. The van der Waals surface area contributed by atoms with Crippen LogP contribution in [0, 0.1) is 23.2 Å². The number of hydrogen-bond donors (Lipinski definition) is 0. The number of nitrogens with zero attached hydrogens (tertiary/aromatic N) is 2. The highest BCUT2D eigenvalue weighted by atomic mass is 35.5. The number of aryl methyl sites for hydroxylation is 1. The van der Waals surface area contributed by atoms with Gasteiger partial charge in [0.15, 0.2) is 0 Å². The van der Waals surface area contributed by atoms with Crippen molar-refractivity contribution in [3.63, 3.8) is 0 Å². The van der Waals surface area contributed by atoms with Gasteiger partial charge in [0, 0.05) is 43.7 Å². The lowest BCUT2D eigenvalue weighted by Crippen LogP contribution is -2.51. The number of anilines is 1. The molecule has 0 saturated heterocycles. The highest BCUT2D eigenvalue weighted by Gasteiger charge is 2.49. The number of ether oxygens (including phenoxy) is 5. The van der Waals surface area contributed by atoms with Crippen molar-refractivity contribution in [1.82, 2.24) is 4.31 Å². The summed E-state index contributed by atoms with van der Waals surface area (Å²) >= 11 is 6.54. The Morgan fingerprint density at radius 2 is 1.58 bits per heavy atom. The van der Waals surface area contributed by atoms with Gasteiger partial charge in [0.05, 0.1) is 43.9 Å². The number of carbonyl (C=O) groups excluding carboxylic acids is 1. The van der Waals surface area contributed by atoms with Crippen molar-refractivity contribution < 1.29 is 36.9 Å². The first-order chi connectivity index (χ1) is 31.4. The van der Waals surface area contributed by atoms with E-state index in [0.717, 1.165) is 90.7 Å². The monoisotopic (exact) mass is 938 g/mol. The molecule has 1 spiro atoms. The summed E-state index contributed by atoms with van der Waals surface area (Å²) < 4.78 is 60.2. The Hall–Kier alpha value is -4.55. The minimum absolute atomic E-state index is 0.0160. The van der Waals surface area contributed by atoms with E-state index in [1.54, 1.807) is 18.5 Å². The van der Waals surface area contributed by atoms with E-state index < -0.39 is 15.6 Å². The highest BCUT2D eigenvalue weighted by Crippen LogP contribution is 2.52. The molecule has 1 heterocycles. The largest absolute Gasteiger partial charge is 0.497 e. The van der Waals surface area contributed by atoms with Crippen LogP contribution in [-0.4, -0.2) is 77.2 Å². The number of sulfonamides is 1. The van der Waals surface area contributed by atoms with Crippen LogP contribution in [0.5, 0.6) is 17.2 Å². The molecule has 0 unspecified atom stereocenters. The van der Waals surface area contributed by atoms with Crippen molar-refractivity contribution in [2.24, 2.45) is 23.2 Å². The van der Waals surface area contributed by atoms with Crippen molar-refractivity contribution in [1.29, 1.82) is 0 Å². The van der Waals surface area contributed by atoms with Crippen molar-refractivity contribution in [3.05, 3.63) is 129 Å². The first-order valence-corrected chi connectivity index (χ1v) is 25.4. The van der Waals surface area contributed by atoms with Gasteiger partial charge in [-0.1, -0.05) is 61.9 Å². The van der Waals surface area contributed by atoms with Crippen LogP contribution < -0.4 is 19.1 Å². The summed E-state index contributed by atoms with van der Waals surface area (Å²) in [6, 6.07) is 27.2. The number of rotatable bonds is 16. The first-order valence-electron chi connectivity index (χ1n) is 23.4. The maximum Gasteiger partial charge on any atom is 0.338 e. The number of hydrogen-bond acceptors (Lipinski definition) is 9.